The number of anilines is 1. The molecule has 0 spiro atoms. The van der Waals surface area contributed by atoms with E-state index in [0.29, 0.717) is 5.56 Å². The van der Waals surface area contributed by atoms with Gasteiger partial charge in [-0.15, -0.1) is 0 Å². The van der Waals surface area contributed by atoms with E-state index < -0.39 is 30.3 Å². The van der Waals surface area contributed by atoms with E-state index in [0.717, 1.165) is 0 Å². The zero-order valence-electron chi connectivity index (χ0n) is 14.0. The van der Waals surface area contributed by atoms with Crippen LogP contribution in [0.2, 0.25) is 0 Å². The van der Waals surface area contributed by atoms with Crippen molar-refractivity contribution in [1.29, 1.82) is 0 Å². The van der Waals surface area contributed by atoms with Gasteiger partial charge in [0, 0.05) is 19.8 Å². The van der Waals surface area contributed by atoms with E-state index in [1.807, 2.05) is 0 Å². The number of amides is 1. The van der Waals surface area contributed by atoms with Crippen LogP contribution in [0.4, 0.5) is 10.5 Å². The van der Waals surface area contributed by atoms with E-state index in [1.165, 1.54) is 19.1 Å². The lowest BCUT2D eigenvalue weighted by Crippen LogP contribution is -2.42. The Morgan fingerprint density at radius 3 is 2.69 bits per heavy atom. The zero-order valence-corrected chi connectivity index (χ0v) is 14.0. The molecule has 3 N–H and O–H groups in total. The highest BCUT2D eigenvalue weighted by molar-refractivity contribution is 6.55. The summed E-state index contributed by atoms with van der Waals surface area (Å²) >= 11 is 0. The highest BCUT2D eigenvalue weighted by Crippen LogP contribution is 2.30. The van der Waals surface area contributed by atoms with E-state index in [-0.39, 0.29) is 36.8 Å². The van der Waals surface area contributed by atoms with Crippen LogP contribution in [0.1, 0.15) is 25.3 Å². The molecule has 1 aliphatic heterocycles. The van der Waals surface area contributed by atoms with Crippen molar-refractivity contribution >= 4 is 31.3 Å². The van der Waals surface area contributed by atoms with Gasteiger partial charge in [0.2, 0.25) is 25.9 Å². The molecule has 26 heavy (non-hydrogen) atoms. The number of aliphatic hydroxyl groups is 1. The molecule has 9 nitrogen and oxygen atoms in total. The number of carbonyl (C=O) groups excluding carboxylic acids is 2. The number of aliphatic carboxylic acids is 1. The summed E-state index contributed by atoms with van der Waals surface area (Å²) in [5.41, 5.74) is 0.825. The number of hydrogen-bond acceptors (Lipinski definition) is 7. The lowest BCUT2D eigenvalue weighted by atomic mass is 10.1. The fourth-order valence-electron chi connectivity index (χ4n) is 2.45. The van der Waals surface area contributed by atoms with E-state index in [1.54, 1.807) is 6.07 Å². The smallest absolute Gasteiger partial charge is 0.333 e. The summed E-state index contributed by atoms with van der Waals surface area (Å²) in [6.45, 7) is 1.21. The van der Waals surface area contributed by atoms with E-state index in [9.17, 15) is 19.5 Å². The molecule has 0 aliphatic carbocycles. The molecule has 1 aromatic carbocycles. The third-order valence-electron chi connectivity index (χ3n) is 3.54. The van der Waals surface area contributed by atoms with Gasteiger partial charge in [-0.3, -0.25) is 9.59 Å². The first-order chi connectivity index (χ1) is 12.2. The largest absolute Gasteiger partial charge is 0.479 e. The van der Waals surface area contributed by atoms with Gasteiger partial charge >= 0.3 is 5.97 Å². The van der Waals surface area contributed by atoms with Crippen molar-refractivity contribution in [3.05, 3.63) is 23.8 Å². The molecule has 1 saturated heterocycles. The molecule has 1 amide bonds. The molecule has 10 heteroatoms. The van der Waals surface area contributed by atoms with Crippen molar-refractivity contribution in [3.8, 4) is 5.75 Å². The predicted molar refractivity (Wildman–Crippen MR) is 88.9 cm³/mol. The molecule has 0 bridgehead atoms. The number of rotatable bonds is 6. The third-order valence-corrected chi connectivity index (χ3v) is 3.54. The first-order valence-electron chi connectivity index (χ1n) is 7.80. The summed E-state index contributed by atoms with van der Waals surface area (Å²) in [7, 11) is 4.92. The fraction of sp³-hybridized carbons (Fsp3) is 0.438. The Kier molecular flexibility index (Phi) is 6.59. The van der Waals surface area contributed by atoms with Crippen molar-refractivity contribution in [2.75, 3.05) is 5.32 Å². The Morgan fingerprint density at radius 2 is 2.08 bits per heavy atom. The molecule has 3 atom stereocenters. The van der Waals surface area contributed by atoms with Gasteiger partial charge in [-0.25, -0.2) is 4.79 Å². The molecule has 1 fully saturated rings. The molecular formula is C16H18BNO8. The van der Waals surface area contributed by atoms with E-state index >= 15 is 0 Å². The summed E-state index contributed by atoms with van der Waals surface area (Å²) in [5.74, 6) is -2.28. The number of carboxylic acids is 1. The zero-order chi connectivity index (χ0) is 19.3. The first-order valence-corrected chi connectivity index (χ1v) is 7.80. The van der Waals surface area contributed by atoms with Crippen LogP contribution < -0.4 is 10.1 Å². The van der Waals surface area contributed by atoms with Gasteiger partial charge in [0.15, 0.2) is 6.10 Å². The third kappa shape index (κ3) is 5.75. The number of hydrogen-bond donors (Lipinski definition) is 3. The standard InChI is InChI=1S/C16H18BNO8/c1-8(19)18-11-4-9(7-24-16(17)23)2-3-12(11)25-14-6-10(20)5-13(26-14)15(21)22/h2-4,10,13-14,20H,5-7H2,1H3,(H,18,19)(H,21,22). The monoisotopic (exact) mass is 363 g/mol. The fourth-order valence-corrected chi connectivity index (χ4v) is 2.45. The maximum atomic E-state index is 11.4. The summed E-state index contributed by atoms with van der Waals surface area (Å²) in [6, 6.07) is 4.61. The van der Waals surface area contributed by atoms with Gasteiger partial charge in [0.1, 0.15) is 12.4 Å². The van der Waals surface area contributed by atoms with E-state index in [2.05, 4.69) is 5.32 Å². The van der Waals surface area contributed by atoms with Crippen molar-refractivity contribution in [2.24, 2.45) is 0 Å². The van der Waals surface area contributed by atoms with Crippen LogP contribution in [-0.4, -0.2) is 54.3 Å². The van der Waals surface area contributed by atoms with Crippen LogP contribution in [-0.2, 0) is 25.7 Å². The van der Waals surface area contributed by atoms with Gasteiger partial charge in [0.25, 0.3) is 0 Å². The van der Waals surface area contributed by atoms with Crippen molar-refractivity contribution < 1.29 is 38.8 Å². The molecule has 1 heterocycles. The van der Waals surface area contributed by atoms with Gasteiger partial charge in [-0.2, -0.15) is 0 Å². The SMILES string of the molecule is [B]C(=O)OCc1ccc(OC2CC(O)CC(C(=O)O)O2)c(NC(C)=O)c1. The topological polar surface area (TPSA) is 131 Å². The van der Waals surface area contributed by atoms with Crippen LogP contribution >= 0.6 is 0 Å². The second-order valence-corrected chi connectivity index (χ2v) is 5.76. The first kappa shape index (κ1) is 19.7. The number of carbonyl (C=O) groups is 3. The maximum absolute atomic E-state index is 11.4. The van der Waals surface area contributed by atoms with Crippen LogP contribution in [0.5, 0.6) is 5.75 Å². The Hall–Kier alpha value is -2.59. The summed E-state index contributed by atoms with van der Waals surface area (Å²) in [5, 5.41) is 21.4. The minimum atomic E-state index is -1.20. The van der Waals surface area contributed by atoms with Gasteiger partial charge < -0.3 is 29.7 Å². The molecule has 2 rings (SSSR count). The lowest BCUT2D eigenvalue weighted by Gasteiger charge is -2.31. The van der Waals surface area contributed by atoms with E-state index in [4.69, 9.17) is 27.2 Å². The Labute approximate surface area is 150 Å². The maximum Gasteiger partial charge on any atom is 0.333 e. The molecule has 138 valence electrons. The number of ether oxygens (including phenoxy) is 3. The predicted octanol–water partition coefficient (Wildman–Crippen LogP) is 0.779. The minimum Gasteiger partial charge on any atom is -0.479 e. The van der Waals surface area contributed by atoms with Gasteiger partial charge in [0.05, 0.1) is 11.8 Å². The van der Waals surface area contributed by atoms with Crippen LogP contribution in [0.15, 0.2) is 18.2 Å². The second-order valence-electron chi connectivity index (χ2n) is 5.76. The molecule has 3 unspecified atom stereocenters. The average molecular weight is 363 g/mol. The molecule has 2 radical (unpaired) electrons. The normalized spacial score (nSPS) is 22.3. The highest BCUT2D eigenvalue weighted by atomic mass is 16.7. The number of benzene rings is 1. The summed E-state index contributed by atoms with van der Waals surface area (Å²) < 4.78 is 15.6. The Morgan fingerprint density at radius 1 is 1.35 bits per heavy atom. The average Bonchev–Trinajstić information content (AvgIpc) is 2.54. The molecule has 1 aromatic rings. The summed E-state index contributed by atoms with van der Waals surface area (Å²) in [6.07, 6.45) is -3.02. The Bertz CT molecular complexity index is 695. The molecule has 0 saturated carbocycles. The quantitative estimate of drug-likeness (QED) is 0.632. The van der Waals surface area contributed by atoms with Crippen molar-refractivity contribution in [2.45, 2.75) is 44.9 Å². The molecular weight excluding hydrogens is 345 g/mol. The molecule has 1 aliphatic rings. The van der Waals surface area contributed by atoms with Crippen LogP contribution in [0, 0.1) is 0 Å². The Balaban J connectivity index is 2.17. The number of carboxylic acid groups (broad SMARTS) is 1. The van der Waals surface area contributed by atoms with Crippen molar-refractivity contribution in [3.63, 3.8) is 0 Å². The van der Waals surface area contributed by atoms with Gasteiger partial charge in [-0.1, -0.05) is 6.07 Å². The number of nitrogens with one attached hydrogen (secondary N) is 1. The molecule has 0 aromatic heterocycles. The number of aliphatic hydroxyl groups excluding tert-OH is 1. The highest BCUT2D eigenvalue weighted by Gasteiger charge is 2.34. The lowest BCUT2D eigenvalue weighted by molar-refractivity contribution is -0.195. The minimum absolute atomic E-state index is 0.0306. The van der Waals surface area contributed by atoms with Crippen LogP contribution in [0.25, 0.3) is 0 Å². The second kappa shape index (κ2) is 8.68. The van der Waals surface area contributed by atoms with Crippen molar-refractivity contribution in [1.82, 2.24) is 0 Å². The van der Waals surface area contributed by atoms with Gasteiger partial charge in [-0.05, 0) is 17.7 Å². The van der Waals surface area contributed by atoms with Crippen LogP contribution in [0.3, 0.4) is 0 Å². The summed E-state index contributed by atoms with van der Waals surface area (Å²) in [4.78, 5) is 33.2.